The Morgan fingerprint density at radius 2 is 1.71 bits per heavy atom. The summed E-state index contributed by atoms with van der Waals surface area (Å²) in [6, 6.07) is 8.47. The van der Waals surface area contributed by atoms with Crippen LogP contribution in [0.4, 0.5) is 0 Å². The molecule has 0 aliphatic rings. The molecular weight excluding hydrogens is 208 g/mol. The van der Waals surface area contributed by atoms with Crippen LogP contribution in [0.15, 0.2) is 24.3 Å². The van der Waals surface area contributed by atoms with Crippen LogP contribution in [0.1, 0.15) is 56.6 Å². The van der Waals surface area contributed by atoms with E-state index in [1.807, 2.05) is 0 Å². The summed E-state index contributed by atoms with van der Waals surface area (Å²) in [5, 5.41) is 0. The van der Waals surface area contributed by atoms with Crippen molar-refractivity contribution in [1.29, 1.82) is 0 Å². The summed E-state index contributed by atoms with van der Waals surface area (Å²) in [6.07, 6.45) is 7.13. The molecular formula is C16H24O. The number of benzene rings is 1. The van der Waals surface area contributed by atoms with Crippen molar-refractivity contribution in [2.45, 2.75) is 58.8 Å². The maximum absolute atomic E-state index is 11.6. The van der Waals surface area contributed by atoms with Gasteiger partial charge in [0.1, 0.15) is 5.78 Å². The zero-order valence-corrected chi connectivity index (χ0v) is 11.2. The van der Waals surface area contributed by atoms with E-state index in [0.29, 0.717) is 12.2 Å². The van der Waals surface area contributed by atoms with E-state index in [-0.39, 0.29) is 0 Å². The van der Waals surface area contributed by atoms with Crippen molar-refractivity contribution in [2.75, 3.05) is 0 Å². The van der Waals surface area contributed by atoms with E-state index in [9.17, 15) is 4.79 Å². The zero-order chi connectivity index (χ0) is 12.5. The quantitative estimate of drug-likeness (QED) is 0.604. The lowest BCUT2D eigenvalue weighted by molar-refractivity contribution is -0.119. The Kier molecular flexibility index (Phi) is 6.61. The van der Waals surface area contributed by atoms with Crippen molar-refractivity contribution in [3.63, 3.8) is 0 Å². The van der Waals surface area contributed by atoms with Gasteiger partial charge in [-0.1, -0.05) is 56.0 Å². The van der Waals surface area contributed by atoms with Crippen LogP contribution in [-0.4, -0.2) is 5.78 Å². The number of hydrogen-bond acceptors (Lipinski definition) is 1. The molecule has 17 heavy (non-hydrogen) atoms. The molecule has 0 radical (unpaired) electrons. The monoisotopic (exact) mass is 232 g/mol. The molecule has 1 aromatic carbocycles. The zero-order valence-electron chi connectivity index (χ0n) is 11.2. The third kappa shape index (κ3) is 6.25. The average Bonchev–Trinajstić information content (AvgIpc) is 2.34. The lowest BCUT2D eigenvalue weighted by Crippen LogP contribution is -2.00. The fourth-order valence-electron chi connectivity index (χ4n) is 1.91. The molecule has 0 fully saturated rings. The normalized spacial score (nSPS) is 10.5. The van der Waals surface area contributed by atoms with Crippen LogP contribution in [0, 0.1) is 6.92 Å². The summed E-state index contributed by atoms with van der Waals surface area (Å²) < 4.78 is 0. The summed E-state index contributed by atoms with van der Waals surface area (Å²) in [6.45, 7) is 4.28. The molecule has 0 heterocycles. The number of rotatable bonds is 8. The first-order chi connectivity index (χ1) is 8.22. The molecule has 0 spiro atoms. The minimum Gasteiger partial charge on any atom is -0.300 e. The highest BCUT2D eigenvalue weighted by atomic mass is 16.1. The van der Waals surface area contributed by atoms with E-state index in [1.54, 1.807) is 0 Å². The predicted octanol–water partition coefficient (Wildman–Crippen LogP) is 4.47. The topological polar surface area (TPSA) is 17.1 Å². The number of ketones is 1. The van der Waals surface area contributed by atoms with Gasteiger partial charge in [-0.05, 0) is 25.3 Å². The molecule has 0 saturated heterocycles. The second kappa shape index (κ2) is 8.05. The van der Waals surface area contributed by atoms with Crippen LogP contribution in [0.5, 0.6) is 0 Å². The highest BCUT2D eigenvalue weighted by molar-refractivity contribution is 5.78. The van der Waals surface area contributed by atoms with Gasteiger partial charge in [0.15, 0.2) is 0 Å². The third-order valence-corrected chi connectivity index (χ3v) is 3.12. The van der Waals surface area contributed by atoms with Gasteiger partial charge in [0.25, 0.3) is 0 Å². The standard InChI is InChI=1S/C16H24O/c1-3-4-5-6-7-16(17)13-12-15-10-8-14(2)9-11-15/h8-11H,3-7,12-13H2,1-2H3. The van der Waals surface area contributed by atoms with Crippen molar-refractivity contribution in [2.24, 2.45) is 0 Å². The first-order valence-corrected chi connectivity index (χ1v) is 6.79. The Bertz CT molecular complexity index is 324. The molecule has 1 rings (SSSR count). The van der Waals surface area contributed by atoms with Crippen LogP contribution in [0.2, 0.25) is 0 Å². The van der Waals surface area contributed by atoms with E-state index < -0.39 is 0 Å². The Morgan fingerprint density at radius 1 is 1.00 bits per heavy atom. The van der Waals surface area contributed by atoms with Crippen LogP contribution >= 0.6 is 0 Å². The minimum atomic E-state index is 0.418. The number of carbonyl (C=O) groups is 1. The van der Waals surface area contributed by atoms with E-state index >= 15 is 0 Å². The smallest absolute Gasteiger partial charge is 0.133 e. The molecule has 0 amide bonds. The lowest BCUT2D eigenvalue weighted by atomic mass is 10.0. The summed E-state index contributed by atoms with van der Waals surface area (Å²) in [5.74, 6) is 0.418. The average molecular weight is 232 g/mol. The van der Waals surface area contributed by atoms with Crippen LogP contribution in [-0.2, 0) is 11.2 Å². The molecule has 1 aromatic rings. The molecule has 94 valence electrons. The van der Waals surface area contributed by atoms with E-state index in [0.717, 1.165) is 19.3 Å². The fraction of sp³-hybridized carbons (Fsp3) is 0.562. The summed E-state index contributed by atoms with van der Waals surface area (Å²) >= 11 is 0. The first-order valence-electron chi connectivity index (χ1n) is 6.79. The van der Waals surface area contributed by atoms with Crippen molar-refractivity contribution >= 4 is 5.78 Å². The molecule has 1 nitrogen and oxygen atoms in total. The van der Waals surface area contributed by atoms with Gasteiger partial charge < -0.3 is 0 Å². The third-order valence-electron chi connectivity index (χ3n) is 3.12. The number of carbonyl (C=O) groups excluding carboxylic acids is 1. The van der Waals surface area contributed by atoms with Crippen LogP contribution < -0.4 is 0 Å². The number of unbranched alkanes of at least 4 members (excludes halogenated alkanes) is 3. The SMILES string of the molecule is CCCCCCC(=O)CCc1ccc(C)cc1. The van der Waals surface area contributed by atoms with Crippen molar-refractivity contribution in [3.05, 3.63) is 35.4 Å². The minimum absolute atomic E-state index is 0.418. The van der Waals surface area contributed by atoms with Crippen LogP contribution in [0.3, 0.4) is 0 Å². The van der Waals surface area contributed by atoms with E-state index in [1.165, 1.54) is 30.4 Å². The molecule has 0 atom stereocenters. The van der Waals surface area contributed by atoms with Crippen molar-refractivity contribution < 1.29 is 4.79 Å². The van der Waals surface area contributed by atoms with Gasteiger partial charge >= 0.3 is 0 Å². The predicted molar refractivity (Wildman–Crippen MR) is 73.3 cm³/mol. The summed E-state index contributed by atoms with van der Waals surface area (Å²) in [7, 11) is 0. The van der Waals surface area contributed by atoms with E-state index in [4.69, 9.17) is 0 Å². The Hall–Kier alpha value is -1.11. The van der Waals surface area contributed by atoms with E-state index in [2.05, 4.69) is 38.1 Å². The van der Waals surface area contributed by atoms with Gasteiger partial charge in [0.05, 0.1) is 0 Å². The molecule has 0 aliphatic carbocycles. The number of aryl methyl sites for hydroxylation is 2. The summed E-state index contributed by atoms with van der Waals surface area (Å²) in [4.78, 5) is 11.6. The molecule has 0 N–H and O–H groups in total. The molecule has 0 unspecified atom stereocenters. The molecule has 0 bridgehead atoms. The van der Waals surface area contributed by atoms with Crippen molar-refractivity contribution in [1.82, 2.24) is 0 Å². The number of hydrogen-bond donors (Lipinski definition) is 0. The maximum Gasteiger partial charge on any atom is 0.133 e. The van der Waals surface area contributed by atoms with Gasteiger partial charge in [-0.3, -0.25) is 4.79 Å². The van der Waals surface area contributed by atoms with Gasteiger partial charge in [-0.15, -0.1) is 0 Å². The van der Waals surface area contributed by atoms with Crippen LogP contribution in [0.25, 0.3) is 0 Å². The first kappa shape index (κ1) is 14.0. The Labute approximate surface area is 105 Å². The summed E-state index contributed by atoms with van der Waals surface area (Å²) in [5.41, 5.74) is 2.55. The highest BCUT2D eigenvalue weighted by Gasteiger charge is 2.02. The van der Waals surface area contributed by atoms with Crippen molar-refractivity contribution in [3.8, 4) is 0 Å². The Morgan fingerprint density at radius 3 is 2.35 bits per heavy atom. The lowest BCUT2D eigenvalue weighted by Gasteiger charge is -2.02. The highest BCUT2D eigenvalue weighted by Crippen LogP contribution is 2.09. The maximum atomic E-state index is 11.6. The fourth-order valence-corrected chi connectivity index (χ4v) is 1.91. The van der Waals surface area contributed by atoms with Gasteiger partial charge in [0, 0.05) is 12.8 Å². The van der Waals surface area contributed by atoms with Gasteiger partial charge in [0.2, 0.25) is 0 Å². The van der Waals surface area contributed by atoms with Gasteiger partial charge in [-0.25, -0.2) is 0 Å². The Balaban J connectivity index is 2.17. The molecule has 0 aromatic heterocycles. The molecule has 1 heteroatoms. The second-order valence-corrected chi connectivity index (χ2v) is 4.83. The largest absolute Gasteiger partial charge is 0.300 e. The second-order valence-electron chi connectivity index (χ2n) is 4.83. The molecule has 0 aliphatic heterocycles. The van der Waals surface area contributed by atoms with Gasteiger partial charge in [-0.2, -0.15) is 0 Å². The number of Topliss-reactive ketones (excluding diaryl/α,β-unsaturated/α-hetero) is 1. The molecule has 0 saturated carbocycles.